The number of amides is 1. The summed E-state index contributed by atoms with van der Waals surface area (Å²) < 4.78 is 11.8. The van der Waals surface area contributed by atoms with Gasteiger partial charge in [-0.25, -0.2) is 4.98 Å². The molecule has 0 radical (unpaired) electrons. The van der Waals surface area contributed by atoms with E-state index in [0.717, 1.165) is 72.4 Å². The molecule has 1 N–H and O–H groups in total. The van der Waals surface area contributed by atoms with Crippen LogP contribution in [0.25, 0.3) is 0 Å². The van der Waals surface area contributed by atoms with Crippen LogP contribution in [-0.2, 0) is 22.5 Å². The Morgan fingerprint density at radius 1 is 1.26 bits per heavy atom. The molecule has 7 nitrogen and oxygen atoms in total. The number of nitrogens with zero attached hydrogens (tertiary/aromatic N) is 3. The maximum absolute atomic E-state index is 13.3. The van der Waals surface area contributed by atoms with Gasteiger partial charge >= 0.3 is 0 Å². The van der Waals surface area contributed by atoms with Crippen LogP contribution in [-0.4, -0.2) is 71.7 Å². The Balaban J connectivity index is 1.50. The first-order chi connectivity index (χ1) is 16.4. The number of likely N-dealkylation sites (tertiary alicyclic amines) is 1. The molecule has 4 rings (SSSR count). The molecular weight excluding hydrogens is 452 g/mol. The summed E-state index contributed by atoms with van der Waals surface area (Å²) in [7, 11) is 0. The van der Waals surface area contributed by atoms with Crippen molar-refractivity contribution in [1.29, 1.82) is 0 Å². The Morgan fingerprint density at radius 3 is 2.76 bits per heavy atom. The van der Waals surface area contributed by atoms with Gasteiger partial charge in [0.1, 0.15) is 11.6 Å². The van der Waals surface area contributed by atoms with Crippen molar-refractivity contribution >= 4 is 17.5 Å². The first-order valence-corrected chi connectivity index (χ1v) is 12.8. The van der Waals surface area contributed by atoms with Gasteiger partial charge in [-0.1, -0.05) is 18.5 Å². The fraction of sp³-hybridized carbons (Fsp3) is 0.615. The molecule has 186 valence electrons. The first kappa shape index (κ1) is 25.0. The van der Waals surface area contributed by atoms with Crippen LogP contribution in [0, 0.1) is 19.3 Å². The van der Waals surface area contributed by atoms with E-state index < -0.39 is 0 Å². The molecule has 2 aromatic rings. The summed E-state index contributed by atoms with van der Waals surface area (Å²) in [5, 5.41) is 0.731. The molecular formula is C26H37ClN4O3. The van der Waals surface area contributed by atoms with Crippen LogP contribution in [0.2, 0.25) is 5.02 Å². The lowest BCUT2D eigenvalue weighted by Crippen LogP contribution is -2.50. The summed E-state index contributed by atoms with van der Waals surface area (Å²) in [6.07, 6.45) is 3.37. The van der Waals surface area contributed by atoms with Crippen LogP contribution in [0.1, 0.15) is 49.0 Å². The monoisotopic (exact) mass is 488 g/mol. The van der Waals surface area contributed by atoms with E-state index in [1.165, 1.54) is 0 Å². The van der Waals surface area contributed by atoms with E-state index in [1.54, 1.807) is 0 Å². The second-order valence-electron chi connectivity index (χ2n) is 9.79. The van der Waals surface area contributed by atoms with Gasteiger partial charge < -0.3 is 19.4 Å². The highest BCUT2D eigenvalue weighted by Gasteiger charge is 2.40. The molecule has 1 aromatic carbocycles. The molecule has 3 heterocycles. The van der Waals surface area contributed by atoms with Crippen molar-refractivity contribution in [2.45, 2.75) is 53.0 Å². The number of ether oxygens (including phenoxy) is 2. The van der Waals surface area contributed by atoms with E-state index >= 15 is 0 Å². The Morgan fingerprint density at radius 2 is 2.06 bits per heavy atom. The van der Waals surface area contributed by atoms with Gasteiger partial charge in [0.05, 0.1) is 25.5 Å². The minimum Gasteiger partial charge on any atom is -0.493 e. The molecule has 0 aliphatic carbocycles. The van der Waals surface area contributed by atoms with Gasteiger partial charge in [0.2, 0.25) is 5.91 Å². The summed E-state index contributed by atoms with van der Waals surface area (Å²) in [6, 6.07) is 5.75. The average molecular weight is 489 g/mol. The number of nitrogens with one attached hydrogen (secondary N) is 1. The van der Waals surface area contributed by atoms with Crippen LogP contribution in [0.15, 0.2) is 18.2 Å². The molecule has 2 aliphatic rings. The minimum atomic E-state index is -0.251. The fourth-order valence-electron chi connectivity index (χ4n) is 5.04. The van der Waals surface area contributed by atoms with Crippen molar-refractivity contribution in [2.24, 2.45) is 5.41 Å². The van der Waals surface area contributed by atoms with Crippen molar-refractivity contribution in [3.63, 3.8) is 0 Å². The predicted molar refractivity (Wildman–Crippen MR) is 133 cm³/mol. The van der Waals surface area contributed by atoms with Gasteiger partial charge in [-0.15, -0.1) is 0 Å². The Bertz CT molecular complexity index is 988. The molecule has 1 amide bonds. The third kappa shape index (κ3) is 6.12. The number of aromatic amines is 1. The van der Waals surface area contributed by atoms with Crippen LogP contribution in [0.3, 0.4) is 0 Å². The number of halogens is 1. The third-order valence-electron chi connectivity index (χ3n) is 7.05. The highest BCUT2D eigenvalue weighted by atomic mass is 35.5. The van der Waals surface area contributed by atoms with E-state index in [1.807, 2.05) is 30.0 Å². The fourth-order valence-corrected chi connectivity index (χ4v) is 5.16. The van der Waals surface area contributed by atoms with E-state index in [0.29, 0.717) is 39.3 Å². The number of morpholine rings is 1. The summed E-state index contributed by atoms with van der Waals surface area (Å²) in [4.78, 5) is 25.9. The molecule has 1 unspecified atom stereocenters. The highest BCUT2D eigenvalue weighted by molar-refractivity contribution is 6.31. The lowest BCUT2D eigenvalue weighted by atomic mass is 9.77. The maximum Gasteiger partial charge on any atom is 0.223 e. The first-order valence-electron chi connectivity index (χ1n) is 12.4. The number of hydrogen-bond donors (Lipinski definition) is 1. The van der Waals surface area contributed by atoms with Crippen molar-refractivity contribution in [3.8, 4) is 5.75 Å². The van der Waals surface area contributed by atoms with Crippen LogP contribution in [0.4, 0.5) is 0 Å². The third-order valence-corrected chi connectivity index (χ3v) is 7.47. The summed E-state index contributed by atoms with van der Waals surface area (Å²) >= 11 is 6.20. The van der Waals surface area contributed by atoms with Gasteiger partial charge in [0.15, 0.2) is 0 Å². The smallest absolute Gasteiger partial charge is 0.223 e. The van der Waals surface area contributed by atoms with Gasteiger partial charge in [0.25, 0.3) is 0 Å². The quantitative estimate of drug-likeness (QED) is 0.604. The lowest BCUT2D eigenvalue weighted by molar-refractivity contribution is -0.139. The average Bonchev–Trinajstić information content (AvgIpc) is 3.20. The summed E-state index contributed by atoms with van der Waals surface area (Å²) in [5.74, 6) is 2.03. The number of aryl methyl sites for hydroxylation is 3. The van der Waals surface area contributed by atoms with E-state index in [-0.39, 0.29) is 11.3 Å². The number of hydrogen-bond acceptors (Lipinski definition) is 5. The predicted octanol–water partition coefficient (Wildman–Crippen LogP) is 4.15. The molecule has 1 aromatic heterocycles. The van der Waals surface area contributed by atoms with Crippen LogP contribution >= 0.6 is 11.6 Å². The number of carbonyl (C=O) groups excluding carboxylic acids is 1. The zero-order chi connectivity index (χ0) is 24.1. The number of H-pyrrole nitrogens is 1. The number of rotatable bonds is 8. The van der Waals surface area contributed by atoms with Crippen molar-refractivity contribution in [1.82, 2.24) is 19.8 Å². The lowest BCUT2D eigenvalue weighted by Gasteiger charge is -2.43. The Hall–Kier alpha value is -2.09. The number of benzene rings is 1. The molecule has 2 aliphatic heterocycles. The van der Waals surface area contributed by atoms with Gasteiger partial charge in [-0.05, 0) is 57.0 Å². The molecule has 0 saturated carbocycles. The van der Waals surface area contributed by atoms with Gasteiger partial charge in [-0.2, -0.15) is 0 Å². The molecule has 0 bridgehead atoms. The maximum atomic E-state index is 13.3. The standard InChI is InChI=1S/C26H37ClN4O3/c1-4-24-28-20(3)23(29-24)16-30-9-5-8-26(17-30,15-25(32)31-10-12-33-13-11-31)18-34-21-6-7-22(27)19(2)14-21/h6-7,14H,4-5,8-13,15-18H2,1-3H3,(H,28,29). The molecule has 0 spiro atoms. The van der Waals surface area contributed by atoms with Crippen molar-refractivity contribution < 1.29 is 14.3 Å². The topological polar surface area (TPSA) is 70.7 Å². The SMILES string of the molecule is CCc1nc(CN2CCCC(COc3ccc(Cl)c(C)c3)(CC(=O)N3CCOCC3)C2)c(C)[nH]1. The molecule has 8 heteroatoms. The van der Waals surface area contributed by atoms with Gasteiger partial charge in [0, 0.05) is 55.2 Å². The second-order valence-corrected chi connectivity index (χ2v) is 10.2. The number of carbonyl (C=O) groups is 1. The summed E-state index contributed by atoms with van der Waals surface area (Å²) in [5.41, 5.74) is 2.97. The number of imidazole rings is 1. The van der Waals surface area contributed by atoms with E-state index in [9.17, 15) is 4.79 Å². The number of piperidine rings is 1. The van der Waals surface area contributed by atoms with Gasteiger partial charge in [-0.3, -0.25) is 9.69 Å². The van der Waals surface area contributed by atoms with Crippen molar-refractivity contribution in [3.05, 3.63) is 46.0 Å². The molecule has 1 atom stereocenters. The second kappa shape index (κ2) is 11.1. The normalized spacial score (nSPS) is 21.6. The molecule has 2 fully saturated rings. The number of aromatic nitrogens is 2. The van der Waals surface area contributed by atoms with E-state index in [4.69, 9.17) is 26.1 Å². The Labute approximate surface area is 207 Å². The van der Waals surface area contributed by atoms with Crippen LogP contribution in [0.5, 0.6) is 5.75 Å². The minimum absolute atomic E-state index is 0.199. The summed E-state index contributed by atoms with van der Waals surface area (Å²) in [6.45, 7) is 11.8. The molecule has 2 saturated heterocycles. The Kier molecular flexibility index (Phi) is 8.17. The zero-order valence-corrected chi connectivity index (χ0v) is 21.4. The highest BCUT2D eigenvalue weighted by Crippen LogP contribution is 2.36. The van der Waals surface area contributed by atoms with Crippen molar-refractivity contribution in [2.75, 3.05) is 46.0 Å². The largest absolute Gasteiger partial charge is 0.493 e. The van der Waals surface area contributed by atoms with E-state index in [2.05, 4.69) is 23.7 Å². The molecule has 34 heavy (non-hydrogen) atoms. The zero-order valence-electron chi connectivity index (χ0n) is 20.7. The van der Waals surface area contributed by atoms with Crippen LogP contribution < -0.4 is 4.74 Å².